The predicted octanol–water partition coefficient (Wildman–Crippen LogP) is 2.40. The molecule has 0 amide bonds. The van der Waals surface area contributed by atoms with E-state index in [1.165, 1.54) is 0 Å². The molecule has 0 saturated carbocycles. The van der Waals surface area contributed by atoms with E-state index >= 15 is 0 Å². The molecule has 1 aliphatic heterocycles. The second-order valence-electron chi connectivity index (χ2n) is 4.90. The van der Waals surface area contributed by atoms with E-state index < -0.39 is 15.3 Å². The Balaban J connectivity index is 1.53. The van der Waals surface area contributed by atoms with Gasteiger partial charge in [-0.05, 0) is 17.7 Å². The van der Waals surface area contributed by atoms with Crippen LogP contribution >= 0.6 is 0 Å². The Labute approximate surface area is 124 Å². The second-order valence-corrected chi connectivity index (χ2v) is 6.93. The van der Waals surface area contributed by atoms with E-state index in [1.807, 2.05) is 30.3 Å². The van der Waals surface area contributed by atoms with Crippen LogP contribution in [-0.4, -0.2) is 26.6 Å². The van der Waals surface area contributed by atoms with Crippen molar-refractivity contribution >= 4 is 9.84 Å². The van der Waals surface area contributed by atoms with Gasteiger partial charge in [0.05, 0.1) is 18.1 Å². The summed E-state index contributed by atoms with van der Waals surface area (Å²) in [6.45, 7) is 0.741. The van der Waals surface area contributed by atoms with Gasteiger partial charge in [0.1, 0.15) is 6.10 Å². The van der Waals surface area contributed by atoms with Crippen LogP contribution in [0, 0.1) is 0 Å². The molecule has 4 nitrogen and oxygen atoms in total. The van der Waals surface area contributed by atoms with Gasteiger partial charge in [0.15, 0.2) is 5.44 Å². The Morgan fingerprint density at radius 2 is 1.57 bits per heavy atom. The van der Waals surface area contributed by atoms with E-state index in [4.69, 9.17) is 9.47 Å². The summed E-state index contributed by atoms with van der Waals surface area (Å²) < 4.78 is 35.3. The molecule has 0 aliphatic carbocycles. The van der Waals surface area contributed by atoms with Crippen LogP contribution in [0.5, 0.6) is 0 Å². The number of sulfone groups is 1. The summed E-state index contributed by atoms with van der Waals surface area (Å²) in [7, 11) is -3.41. The van der Waals surface area contributed by atoms with Crippen molar-refractivity contribution in [1.29, 1.82) is 0 Å². The van der Waals surface area contributed by atoms with Gasteiger partial charge in [-0.2, -0.15) is 0 Å². The summed E-state index contributed by atoms with van der Waals surface area (Å²) in [5.41, 5.74) is 0.274. The lowest BCUT2D eigenvalue weighted by Crippen LogP contribution is -2.14. The standard InChI is InChI=1S/C16H16O4S/c17-21(18,14-9-5-2-6-10-14)16-15(20-16)12-19-11-13-7-3-1-4-8-13/h1-10,15-16H,11-12H2/t15-,16+/m1/s1. The van der Waals surface area contributed by atoms with Gasteiger partial charge in [-0.15, -0.1) is 0 Å². The van der Waals surface area contributed by atoms with Crippen LogP contribution in [0.25, 0.3) is 0 Å². The van der Waals surface area contributed by atoms with Crippen molar-refractivity contribution in [2.24, 2.45) is 0 Å². The number of ether oxygens (including phenoxy) is 2. The molecule has 2 aromatic carbocycles. The molecule has 1 fully saturated rings. The first-order valence-corrected chi connectivity index (χ1v) is 8.28. The molecule has 2 aromatic rings. The van der Waals surface area contributed by atoms with Gasteiger partial charge in [-0.25, -0.2) is 8.42 Å². The summed E-state index contributed by atoms with van der Waals surface area (Å²) in [5.74, 6) is 0. The molecule has 1 saturated heterocycles. The molecule has 1 heterocycles. The molecule has 0 radical (unpaired) electrons. The Morgan fingerprint density at radius 3 is 2.24 bits per heavy atom. The Kier molecular flexibility index (Phi) is 4.05. The zero-order chi connectivity index (χ0) is 14.7. The number of epoxide rings is 1. The molecule has 0 aromatic heterocycles. The average molecular weight is 304 g/mol. The van der Waals surface area contributed by atoms with Gasteiger partial charge >= 0.3 is 0 Å². The normalized spacial score (nSPS) is 21.1. The van der Waals surface area contributed by atoms with E-state index in [0.717, 1.165) is 5.56 Å². The lowest BCUT2D eigenvalue weighted by Gasteiger charge is -2.02. The minimum atomic E-state index is -3.41. The van der Waals surface area contributed by atoms with Crippen molar-refractivity contribution in [3.05, 3.63) is 66.2 Å². The third kappa shape index (κ3) is 3.32. The molecule has 21 heavy (non-hydrogen) atoms. The van der Waals surface area contributed by atoms with Crippen LogP contribution in [-0.2, 0) is 25.9 Å². The summed E-state index contributed by atoms with van der Waals surface area (Å²) in [4.78, 5) is 0.292. The van der Waals surface area contributed by atoms with Gasteiger partial charge in [-0.1, -0.05) is 48.5 Å². The number of hydrogen-bond acceptors (Lipinski definition) is 4. The van der Waals surface area contributed by atoms with Crippen molar-refractivity contribution in [3.63, 3.8) is 0 Å². The Morgan fingerprint density at radius 1 is 0.952 bits per heavy atom. The minimum absolute atomic E-state index is 0.283. The first-order chi connectivity index (χ1) is 10.2. The Hall–Kier alpha value is -1.69. The van der Waals surface area contributed by atoms with Crippen LogP contribution < -0.4 is 0 Å². The molecule has 0 bridgehead atoms. The molecular weight excluding hydrogens is 288 g/mol. The smallest absolute Gasteiger partial charge is 0.207 e. The number of benzene rings is 2. The SMILES string of the molecule is O=S(=O)(c1ccccc1)[C@@H]1O[C@@H]1COCc1ccccc1. The summed E-state index contributed by atoms with van der Waals surface area (Å²) in [6, 6.07) is 18.1. The highest BCUT2D eigenvalue weighted by atomic mass is 32.2. The van der Waals surface area contributed by atoms with Gasteiger partial charge in [0, 0.05) is 0 Å². The van der Waals surface area contributed by atoms with Gasteiger partial charge < -0.3 is 9.47 Å². The molecule has 1 aliphatic rings. The highest BCUT2D eigenvalue weighted by molar-refractivity contribution is 7.92. The lowest BCUT2D eigenvalue weighted by atomic mass is 10.2. The van der Waals surface area contributed by atoms with Crippen molar-refractivity contribution < 1.29 is 17.9 Å². The zero-order valence-electron chi connectivity index (χ0n) is 11.4. The van der Waals surface area contributed by atoms with E-state index in [-0.39, 0.29) is 12.7 Å². The van der Waals surface area contributed by atoms with E-state index in [9.17, 15) is 8.42 Å². The van der Waals surface area contributed by atoms with E-state index in [1.54, 1.807) is 30.3 Å². The van der Waals surface area contributed by atoms with Crippen LogP contribution in [0.1, 0.15) is 5.56 Å². The fraction of sp³-hybridized carbons (Fsp3) is 0.250. The monoisotopic (exact) mass is 304 g/mol. The molecule has 0 unspecified atom stereocenters. The Bertz CT molecular complexity index is 683. The van der Waals surface area contributed by atoms with Crippen molar-refractivity contribution in [3.8, 4) is 0 Å². The third-order valence-electron chi connectivity index (χ3n) is 3.31. The summed E-state index contributed by atoms with van der Waals surface area (Å²) in [6.07, 6.45) is -0.376. The van der Waals surface area contributed by atoms with Crippen molar-refractivity contribution in [2.75, 3.05) is 6.61 Å². The lowest BCUT2D eigenvalue weighted by molar-refractivity contribution is 0.104. The first-order valence-electron chi connectivity index (χ1n) is 6.74. The average Bonchev–Trinajstić information content (AvgIpc) is 3.30. The van der Waals surface area contributed by atoms with Gasteiger partial charge in [0.25, 0.3) is 0 Å². The zero-order valence-corrected chi connectivity index (χ0v) is 12.2. The fourth-order valence-corrected chi connectivity index (χ4v) is 3.70. The largest absolute Gasteiger partial charge is 0.374 e. The maximum absolute atomic E-state index is 12.3. The van der Waals surface area contributed by atoms with Crippen molar-refractivity contribution in [1.82, 2.24) is 0 Å². The number of rotatable bonds is 6. The molecule has 0 N–H and O–H groups in total. The quantitative estimate of drug-likeness (QED) is 0.769. The van der Waals surface area contributed by atoms with E-state index in [2.05, 4.69) is 0 Å². The molecule has 0 spiro atoms. The van der Waals surface area contributed by atoms with Crippen LogP contribution in [0.3, 0.4) is 0 Å². The highest BCUT2D eigenvalue weighted by Crippen LogP contribution is 2.32. The first kappa shape index (κ1) is 14.3. The molecule has 5 heteroatoms. The van der Waals surface area contributed by atoms with Crippen LogP contribution in [0.4, 0.5) is 0 Å². The summed E-state index contributed by atoms with van der Waals surface area (Å²) >= 11 is 0. The molecular formula is C16H16O4S. The van der Waals surface area contributed by atoms with Crippen molar-refractivity contribution in [2.45, 2.75) is 23.0 Å². The fourth-order valence-electron chi connectivity index (χ4n) is 2.13. The third-order valence-corrected chi connectivity index (χ3v) is 5.26. The predicted molar refractivity (Wildman–Crippen MR) is 78.4 cm³/mol. The minimum Gasteiger partial charge on any atom is -0.374 e. The highest BCUT2D eigenvalue weighted by Gasteiger charge is 2.49. The van der Waals surface area contributed by atoms with Gasteiger partial charge in [0.2, 0.25) is 9.84 Å². The maximum Gasteiger partial charge on any atom is 0.207 e. The van der Waals surface area contributed by atoms with Crippen LogP contribution in [0.2, 0.25) is 0 Å². The maximum atomic E-state index is 12.3. The van der Waals surface area contributed by atoms with Gasteiger partial charge in [-0.3, -0.25) is 0 Å². The topological polar surface area (TPSA) is 55.9 Å². The number of hydrogen-bond donors (Lipinski definition) is 0. The second kappa shape index (κ2) is 5.97. The molecule has 110 valence electrons. The molecule has 2 atom stereocenters. The molecule has 3 rings (SSSR count). The van der Waals surface area contributed by atoms with E-state index in [0.29, 0.717) is 11.5 Å². The van der Waals surface area contributed by atoms with Crippen LogP contribution in [0.15, 0.2) is 65.6 Å². The summed E-state index contributed by atoms with van der Waals surface area (Å²) in [5, 5.41) is 0.